The van der Waals surface area contributed by atoms with E-state index in [2.05, 4.69) is 10.6 Å². The third-order valence-corrected chi connectivity index (χ3v) is 2.61. The number of rotatable bonds is 6. The number of anilines is 1. The third-order valence-electron chi connectivity index (χ3n) is 2.61. The highest BCUT2D eigenvalue weighted by molar-refractivity contribution is 5.94. The van der Waals surface area contributed by atoms with Gasteiger partial charge in [0.25, 0.3) is 0 Å². The second-order valence-electron chi connectivity index (χ2n) is 4.33. The van der Waals surface area contributed by atoms with E-state index < -0.39 is 29.1 Å². The number of carbonyl (C=O) groups is 2. The number of amides is 1. The smallest absolute Gasteiger partial charge is 0.338 e. The van der Waals surface area contributed by atoms with Crippen molar-refractivity contribution in [2.75, 3.05) is 11.9 Å². The molecule has 0 aromatic heterocycles. The van der Waals surface area contributed by atoms with E-state index in [1.165, 1.54) is 0 Å². The second kappa shape index (κ2) is 6.95. The Kier molecular flexibility index (Phi) is 5.57. The topological polar surface area (TPSA) is 78.4 Å². The summed E-state index contributed by atoms with van der Waals surface area (Å²) in [6, 6.07) is 1.10. The van der Waals surface area contributed by atoms with Gasteiger partial charge in [-0.25, -0.2) is 13.6 Å². The molecule has 0 aliphatic heterocycles. The number of hydrogen-bond donors (Lipinski definition) is 3. The molecule has 1 aromatic rings. The average molecular weight is 286 g/mol. The van der Waals surface area contributed by atoms with E-state index in [9.17, 15) is 18.4 Å². The van der Waals surface area contributed by atoms with Gasteiger partial charge in [0.1, 0.15) is 11.6 Å². The Morgan fingerprint density at radius 1 is 1.30 bits per heavy atom. The summed E-state index contributed by atoms with van der Waals surface area (Å²) in [4.78, 5) is 22.4. The summed E-state index contributed by atoms with van der Waals surface area (Å²) < 4.78 is 26.7. The van der Waals surface area contributed by atoms with Crippen molar-refractivity contribution >= 4 is 17.6 Å². The molecular weight excluding hydrogens is 270 g/mol. The molecule has 1 rings (SSSR count). The van der Waals surface area contributed by atoms with Crippen LogP contribution in [0, 0.1) is 11.6 Å². The quantitative estimate of drug-likeness (QED) is 0.747. The predicted octanol–water partition coefficient (Wildman–Crippen LogP) is 1.99. The van der Waals surface area contributed by atoms with Crippen molar-refractivity contribution in [2.24, 2.45) is 0 Å². The van der Waals surface area contributed by atoms with E-state index in [4.69, 9.17) is 5.11 Å². The predicted molar refractivity (Wildman–Crippen MR) is 69.7 cm³/mol. The molecule has 0 radical (unpaired) electrons. The highest BCUT2D eigenvalue weighted by Gasteiger charge is 2.17. The van der Waals surface area contributed by atoms with Gasteiger partial charge in [0, 0.05) is 18.5 Å². The fourth-order valence-electron chi connectivity index (χ4n) is 1.71. The van der Waals surface area contributed by atoms with Crippen LogP contribution in [0.2, 0.25) is 0 Å². The van der Waals surface area contributed by atoms with Crippen LogP contribution in [0.3, 0.4) is 0 Å². The highest BCUT2D eigenvalue weighted by Crippen LogP contribution is 2.20. The van der Waals surface area contributed by atoms with Crippen molar-refractivity contribution in [1.29, 1.82) is 0 Å². The molecule has 0 bridgehead atoms. The zero-order valence-electron chi connectivity index (χ0n) is 11.2. The summed E-state index contributed by atoms with van der Waals surface area (Å²) in [5.74, 6) is -4.22. The molecule has 0 aliphatic rings. The molecule has 1 aromatic carbocycles. The third kappa shape index (κ3) is 4.27. The van der Waals surface area contributed by atoms with Crippen molar-refractivity contribution in [3.8, 4) is 0 Å². The molecule has 5 nitrogen and oxygen atoms in total. The molecule has 0 saturated heterocycles. The number of halogens is 2. The van der Waals surface area contributed by atoms with E-state index in [1.807, 2.05) is 6.92 Å². The standard InChI is InChI=1S/C13H16F2N2O3/c1-3-16-7(2)4-12(18)17-11-5-8(13(19)20)9(14)6-10(11)15/h5-7,16H,3-4H2,1-2H3,(H,17,18)(H,19,20). The molecule has 0 spiro atoms. The Bertz CT molecular complexity index is 521. The van der Waals surface area contributed by atoms with E-state index >= 15 is 0 Å². The largest absolute Gasteiger partial charge is 0.478 e. The molecule has 20 heavy (non-hydrogen) atoms. The fraction of sp³-hybridized carbons (Fsp3) is 0.385. The lowest BCUT2D eigenvalue weighted by Crippen LogP contribution is -2.30. The molecule has 0 heterocycles. The molecule has 1 atom stereocenters. The fourth-order valence-corrected chi connectivity index (χ4v) is 1.71. The molecular formula is C13H16F2N2O3. The highest BCUT2D eigenvalue weighted by atomic mass is 19.1. The van der Waals surface area contributed by atoms with Gasteiger partial charge in [0.2, 0.25) is 5.91 Å². The molecule has 1 unspecified atom stereocenters. The number of aromatic carboxylic acids is 1. The molecule has 3 N–H and O–H groups in total. The van der Waals surface area contributed by atoms with Gasteiger partial charge in [-0.15, -0.1) is 0 Å². The van der Waals surface area contributed by atoms with Gasteiger partial charge in [-0.2, -0.15) is 0 Å². The van der Waals surface area contributed by atoms with Gasteiger partial charge in [-0.05, 0) is 19.5 Å². The minimum Gasteiger partial charge on any atom is -0.478 e. The van der Waals surface area contributed by atoms with Crippen molar-refractivity contribution in [2.45, 2.75) is 26.3 Å². The summed E-state index contributed by atoms with van der Waals surface area (Å²) >= 11 is 0. The van der Waals surface area contributed by atoms with Gasteiger partial charge in [0.05, 0.1) is 11.3 Å². The lowest BCUT2D eigenvalue weighted by molar-refractivity contribution is -0.116. The lowest BCUT2D eigenvalue weighted by atomic mass is 10.1. The van der Waals surface area contributed by atoms with Crippen LogP contribution >= 0.6 is 0 Å². The summed E-state index contributed by atoms with van der Waals surface area (Å²) in [7, 11) is 0. The number of carboxylic acids is 1. The summed E-state index contributed by atoms with van der Waals surface area (Å²) in [5.41, 5.74) is -1.04. The normalized spacial score (nSPS) is 12.0. The number of benzene rings is 1. The molecule has 0 fully saturated rings. The zero-order valence-corrected chi connectivity index (χ0v) is 11.2. The van der Waals surface area contributed by atoms with E-state index in [-0.39, 0.29) is 18.2 Å². The second-order valence-corrected chi connectivity index (χ2v) is 4.33. The maximum Gasteiger partial charge on any atom is 0.338 e. The maximum absolute atomic E-state index is 13.5. The number of carbonyl (C=O) groups excluding carboxylic acids is 1. The Morgan fingerprint density at radius 2 is 1.95 bits per heavy atom. The van der Waals surface area contributed by atoms with Crippen molar-refractivity contribution in [1.82, 2.24) is 5.32 Å². The van der Waals surface area contributed by atoms with Gasteiger partial charge < -0.3 is 15.7 Å². The van der Waals surface area contributed by atoms with Crippen LogP contribution in [-0.2, 0) is 4.79 Å². The van der Waals surface area contributed by atoms with Crippen LogP contribution in [0.15, 0.2) is 12.1 Å². The van der Waals surface area contributed by atoms with Crippen molar-refractivity contribution in [3.63, 3.8) is 0 Å². The van der Waals surface area contributed by atoms with E-state index in [0.717, 1.165) is 6.07 Å². The first kappa shape index (κ1) is 16.0. The van der Waals surface area contributed by atoms with Crippen LogP contribution in [0.5, 0.6) is 0 Å². The first-order valence-corrected chi connectivity index (χ1v) is 6.10. The Labute approximate surface area is 115 Å². The SMILES string of the molecule is CCNC(C)CC(=O)Nc1cc(C(=O)O)c(F)cc1F. The summed E-state index contributed by atoms with van der Waals surface area (Å²) in [6.45, 7) is 4.35. The van der Waals surface area contributed by atoms with Crippen molar-refractivity contribution in [3.05, 3.63) is 29.3 Å². The molecule has 110 valence electrons. The van der Waals surface area contributed by atoms with Crippen LogP contribution in [0.25, 0.3) is 0 Å². The summed E-state index contributed by atoms with van der Waals surface area (Å²) in [6.07, 6.45) is 0.0903. The lowest BCUT2D eigenvalue weighted by Gasteiger charge is -2.13. The van der Waals surface area contributed by atoms with Gasteiger partial charge in [0.15, 0.2) is 0 Å². The van der Waals surface area contributed by atoms with Crippen molar-refractivity contribution < 1.29 is 23.5 Å². The molecule has 0 saturated carbocycles. The first-order chi connectivity index (χ1) is 9.35. The molecule has 1 amide bonds. The molecule has 0 aliphatic carbocycles. The first-order valence-electron chi connectivity index (χ1n) is 6.10. The van der Waals surface area contributed by atoms with Crippen LogP contribution in [0.1, 0.15) is 30.6 Å². The molecule has 7 heteroatoms. The van der Waals surface area contributed by atoms with Crippen LogP contribution in [-0.4, -0.2) is 29.6 Å². The number of nitrogens with one attached hydrogen (secondary N) is 2. The number of hydrogen-bond acceptors (Lipinski definition) is 3. The Hall–Kier alpha value is -2.02. The van der Waals surface area contributed by atoms with Gasteiger partial charge in [-0.3, -0.25) is 4.79 Å². The summed E-state index contributed by atoms with van der Waals surface area (Å²) in [5, 5.41) is 14.0. The van der Waals surface area contributed by atoms with Gasteiger partial charge >= 0.3 is 5.97 Å². The monoisotopic (exact) mass is 286 g/mol. The van der Waals surface area contributed by atoms with E-state index in [0.29, 0.717) is 12.6 Å². The van der Waals surface area contributed by atoms with Crippen LogP contribution in [0.4, 0.5) is 14.5 Å². The zero-order chi connectivity index (χ0) is 15.3. The maximum atomic E-state index is 13.5. The number of carboxylic acid groups (broad SMARTS) is 1. The van der Waals surface area contributed by atoms with Crippen LogP contribution < -0.4 is 10.6 Å². The van der Waals surface area contributed by atoms with Gasteiger partial charge in [-0.1, -0.05) is 6.92 Å². The van der Waals surface area contributed by atoms with E-state index in [1.54, 1.807) is 6.92 Å². The Morgan fingerprint density at radius 3 is 2.50 bits per heavy atom. The Balaban J connectivity index is 2.84. The average Bonchev–Trinajstić information content (AvgIpc) is 2.32. The minimum absolute atomic E-state index is 0.0903. The minimum atomic E-state index is -1.53.